The molecule has 4 aromatic rings. The molecule has 0 spiro atoms. The lowest BCUT2D eigenvalue weighted by Gasteiger charge is -2.15. The summed E-state index contributed by atoms with van der Waals surface area (Å²) < 4.78 is 67.4. The maximum atomic E-state index is 15.2. The van der Waals surface area contributed by atoms with Crippen LogP contribution in [0.3, 0.4) is 0 Å². The highest BCUT2D eigenvalue weighted by atomic mass is 19.4. The molecule has 0 fully saturated rings. The Hall–Kier alpha value is -3.85. The van der Waals surface area contributed by atoms with E-state index < -0.39 is 18.1 Å². The van der Waals surface area contributed by atoms with E-state index in [1.54, 1.807) is 43.3 Å². The van der Waals surface area contributed by atoms with Crippen LogP contribution >= 0.6 is 0 Å². The van der Waals surface area contributed by atoms with Crippen molar-refractivity contribution >= 4 is 16.9 Å². The van der Waals surface area contributed by atoms with Crippen molar-refractivity contribution in [1.29, 1.82) is 0 Å². The van der Waals surface area contributed by atoms with Gasteiger partial charge in [0, 0.05) is 34.8 Å². The summed E-state index contributed by atoms with van der Waals surface area (Å²) in [5.74, 6) is -0.607. The summed E-state index contributed by atoms with van der Waals surface area (Å²) in [6.07, 6.45) is -3.76. The second-order valence-electron chi connectivity index (χ2n) is 8.09. The van der Waals surface area contributed by atoms with Gasteiger partial charge in [-0.25, -0.2) is 4.39 Å². The van der Waals surface area contributed by atoms with Crippen molar-refractivity contribution in [3.63, 3.8) is 0 Å². The van der Waals surface area contributed by atoms with Gasteiger partial charge in [-0.3, -0.25) is 9.36 Å². The van der Waals surface area contributed by atoms with Crippen LogP contribution in [0.15, 0.2) is 66.9 Å². The number of hydrogen-bond acceptors (Lipinski definition) is 4. The average Bonchev–Trinajstić information content (AvgIpc) is 3.28. The highest BCUT2D eigenvalue weighted by Gasteiger charge is 2.32. The minimum absolute atomic E-state index is 0.0116. The van der Waals surface area contributed by atoms with Crippen LogP contribution in [0.1, 0.15) is 23.6 Å². The van der Waals surface area contributed by atoms with Gasteiger partial charge in [0.05, 0.1) is 18.5 Å². The number of hydrogen-bond donors (Lipinski definition) is 1. The van der Waals surface area contributed by atoms with Crippen LogP contribution in [-0.2, 0) is 35.4 Å². The van der Waals surface area contributed by atoms with E-state index in [2.05, 4.69) is 0 Å². The number of halogens is 4. The van der Waals surface area contributed by atoms with Crippen molar-refractivity contribution < 1.29 is 31.8 Å². The lowest BCUT2D eigenvalue weighted by molar-refractivity contribution is -0.200. The highest BCUT2D eigenvalue weighted by Crippen LogP contribution is 2.37. The fourth-order valence-corrected chi connectivity index (χ4v) is 4.09. The number of carbonyl (C=O) groups is 1. The molecular formula is C27H24F4N2O3. The Bertz CT molecular complexity index is 1400. The van der Waals surface area contributed by atoms with Crippen molar-refractivity contribution in [1.82, 2.24) is 4.57 Å². The molecule has 188 valence electrons. The zero-order chi connectivity index (χ0) is 25.9. The van der Waals surface area contributed by atoms with Crippen LogP contribution < -0.4 is 10.5 Å². The Balaban J connectivity index is 1.76. The van der Waals surface area contributed by atoms with Gasteiger partial charge >= 0.3 is 12.3 Å². The monoisotopic (exact) mass is 500 g/mol. The topological polar surface area (TPSA) is 66.5 Å². The zero-order valence-corrected chi connectivity index (χ0v) is 19.4. The molecule has 9 heteroatoms. The summed E-state index contributed by atoms with van der Waals surface area (Å²) in [5.41, 5.74) is 7.18. The van der Waals surface area contributed by atoms with Gasteiger partial charge in [-0.15, -0.1) is 13.2 Å². The zero-order valence-electron chi connectivity index (χ0n) is 19.4. The molecule has 36 heavy (non-hydrogen) atoms. The number of nitrogens with zero attached hydrogens (tertiary/aromatic N) is 1. The molecule has 3 aromatic carbocycles. The van der Waals surface area contributed by atoms with E-state index in [0.717, 1.165) is 6.20 Å². The van der Waals surface area contributed by atoms with Gasteiger partial charge in [-0.2, -0.15) is 0 Å². The molecule has 0 saturated carbocycles. The predicted octanol–water partition coefficient (Wildman–Crippen LogP) is 6.07. The minimum atomic E-state index is -4.66. The minimum Gasteiger partial charge on any atom is -0.489 e. The number of carbonyl (C=O) groups excluding carboxylic acids is 1. The number of esters is 1. The summed E-state index contributed by atoms with van der Waals surface area (Å²) >= 11 is 0. The number of benzene rings is 3. The first-order valence-corrected chi connectivity index (χ1v) is 11.3. The van der Waals surface area contributed by atoms with E-state index in [-0.39, 0.29) is 52.8 Å². The molecule has 5 nitrogen and oxygen atoms in total. The van der Waals surface area contributed by atoms with E-state index in [1.165, 1.54) is 24.3 Å². The molecule has 0 aliphatic heterocycles. The number of ether oxygens (including phenoxy) is 2. The lowest BCUT2D eigenvalue weighted by Crippen LogP contribution is -2.15. The summed E-state index contributed by atoms with van der Waals surface area (Å²) in [5, 5.41) is 0.242. The van der Waals surface area contributed by atoms with Gasteiger partial charge < -0.3 is 15.2 Å². The molecule has 1 heterocycles. The summed E-state index contributed by atoms with van der Waals surface area (Å²) in [7, 11) is 0. The normalized spacial score (nSPS) is 11.6. The van der Waals surface area contributed by atoms with Crippen LogP contribution in [0.4, 0.5) is 17.6 Å². The maximum Gasteiger partial charge on any atom is 0.488 e. The third kappa shape index (κ3) is 5.21. The second-order valence-corrected chi connectivity index (χ2v) is 8.09. The summed E-state index contributed by atoms with van der Waals surface area (Å²) in [4.78, 5) is 11.9. The fourth-order valence-electron chi connectivity index (χ4n) is 4.09. The molecule has 4 rings (SSSR count). The van der Waals surface area contributed by atoms with E-state index in [1.807, 2.05) is 0 Å². The van der Waals surface area contributed by atoms with E-state index >= 15 is 4.39 Å². The fraction of sp³-hybridized carbons (Fsp3) is 0.222. The summed E-state index contributed by atoms with van der Waals surface area (Å²) in [6.45, 7) is 1.79. The van der Waals surface area contributed by atoms with Crippen LogP contribution in [0.5, 0.6) is 5.75 Å². The SMILES string of the molecule is CCOC(=O)Cc1ccccc1OCc1cc(-c2cccc(CN)c2F)c2ccn(C(F)(F)F)c2c1. The van der Waals surface area contributed by atoms with Gasteiger partial charge in [0.15, 0.2) is 0 Å². The summed E-state index contributed by atoms with van der Waals surface area (Å²) in [6, 6.07) is 15.8. The molecule has 0 radical (unpaired) electrons. The van der Waals surface area contributed by atoms with Crippen molar-refractivity contribution in [2.45, 2.75) is 32.8 Å². The molecule has 0 saturated heterocycles. The van der Waals surface area contributed by atoms with Crippen molar-refractivity contribution in [3.8, 4) is 16.9 Å². The molecule has 0 atom stereocenters. The van der Waals surface area contributed by atoms with Crippen molar-refractivity contribution in [3.05, 3.63) is 89.4 Å². The molecule has 0 bridgehead atoms. The van der Waals surface area contributed by atoms with Gasteiger partial charge in [0.1, 0.15) is 18.2 Å². The first-order valence-electron chi connectivity index (χ1n) is 11.3. The van der Waals surface area contributed by atoms with Crippen LogP contribution in [-0.4, -0.2) is 17.1 Å². The Kier molecular flexibility index (Phi) is 7.30. The molecule has 0 aliphatic rings. The number of nitrogens with two attached hydrogens (primary N) is 1. The van der Waals surface area contributed by atoms with Crippen LogP contribution in [0.2, 0.25) is 0 Å². The number of alkyl halides is 3. The lowest BCUT2D eigenvalue weighted by atomic mass is 9.97. The Morgan fingerprint density at radius 2 is 1.75 bits per heavy atom. The number of rotatable bonds is 8. The van der Waals surface area contributed by atoms with Crippen LogP contribution in [0.25, 0.3) is 22.0 Å². The van der Waals surface area contributed by atoms with Gasteiger partial charge in [0.2, 0.25) is 0 Å². The number of aromatic nitrogens is 1. The Morgan fingerprint density at radius 1 is 1.00 bits per heavy atom. The molecular weight excluding hydrogens is 476 g/mol. The maximum absolute atomic E-state index is 15.2. The first-order chi connectivity index (χ1) is 17.2. The standard InChI is InChI=1S/C27H24F4N2O3/c1-2-35-25(34)14-18-6-3-4-9-24(18)36-16-17-12-22(21-8-5-7-19(15-32)26(21)28)20-10-11-33(23(20)13-17)27(29,30)31/h3-13H,2,14-16,32H2,1H3. The third-order valence-corrected chi connectivity index (χ3v) is 5.74. The highest BCUT2D eigenvalue weighted by molar-refractivity contribution is 5.96. The van der Waals surface area contributed by atoms with Gasteiger partial charge in [-0.05, 0) is 42.3 Å². The Morgan fingerprint density at radius 3 is 2.47 bits per heavy atom. The predicted molar refractivity (Wildman–Crippen MR) is 128 cm³/mol. The smallest absolute Gasteiger partial charge is 0.488 e. The van der Waals surface area contributed by atoms with E-state index in [9.17, 15) is 18.0 Å². The molecule has 2 N–H and O–H groups in total. The molecule has 0 unspecified atom stereocenters. The Labute approximate surface area is 205 Å². The third-order valence-electron chi connectivity index (χ3n) is 5.74. The number of para-hydroxylation sites is 1. The molecule has 1 aromatic heterocycles. The second kappa shape index (κ2) is 10.4. The van der Waals surface area contributed by atoms with E-state index in [0.29, 0.717) is 22.4 Å². The van der Waals surface area contributed by atoms with Gasteiger partial charge in [-0.1, -0.05) is 36.4 Å². The first kappa shape index (κ1) is 25.2. The largest absolute Gasteiger partial charge is 0.489 e. The molecule has 0 amide bonds. The van der Waals surface area contributed by atoms with Crippen molar-refractivity contribution in [2.24, 2.45) is 5.73 Å². The van der Waals surface area contributed by atoms with E-state index in [4.69, 9.17) is 15.2 Å². The van der Waals surface area contributed by atoms with Crippen molar-refractivity contribution in [2.75, 3.05) is 6.61 Å². The van der Waals surface area contributed by atoms with Gasteiger partial charge in [0.25, 0.3) is 0 Å². The quantitative estimate of drug-likeness (QED) is 0.236. The molecule has 0 aliphatic carbocycles. The average molecular weight is 500 g/mol. The number of fused-ring (bicyclic) bond motifs is 1. The van der Waals surface area contributed by atoms with Crippen LogP contribution in [0, 0.1) is 5.82 Å².